The molecule has 1 aromatic carbocycles. The molecule has 3 saturated carbocycles. The molecule has 0 radical (unpaired) electrons. The van der Waals surface area contributed by atoms with E-state index in [2.05, 4.69) is 22.9 Å². The molecule has 5 nitrogen and oxygen atoms in total. The number of amides is 2. The Bertz CT molecular complexity index is 1200. The van der Waals surface area contributed by atoms with Gasteiger partial charge in [0.05, 0.1) is 5.56 Å². The van der Waals surface area contributed by atoms with E-state index in [-0.39, 0.29) is 22.9 Å². The van der Waals surface area contributed by atoms with E-state index in [1.807, 2.05) is 18.3 Å². The SMILES string of the molecule is Cc1c(C(=O)NC2CCC2)cc(-c2cc(C(=O)NCC(F)(F)F)cc(C3(C)CC3)c2)n1CC1CCCCC1. The zero-order chi connectivity index (χ0) is 27.1. The number of rotatable bonds is 8. The van der Waals surface area contributed by atoms with E-state index in [0.29, 0.717) is 11.5 Å². The number of hydrogen-bond donors (Lipinski definition) is 2. The first-order valence-corrected chi connectivity index (χ1v) is 14.0. The van der Waals surface area contributed by atoms with Crippen LogP contribution < -0.4 is 10.6 Å². The number of alkyl halides is 3. The molecule has 0 saturated heterocycles. The molecule has 2 aromatic rings. The predicted octanol–water partition coefficient (Wildman–Crippen LogP) is 6.67. The summed E-state index contributed by atoms with van der Waals surface area (Å²) in [7, 11) is 0. The van der Waals surface area contributed by atoms with Gasteiger partial charge < -0.3 is 15.2 Å². The zero-order valence-electron chi connectivity index (χ0n) is 22.3. The van der Waals surface area contributed by atoms with Crippen molar-refractivity contribution < 1.29 is 22.8 Å². The number of nitrogens with one attached hydrogen (secondary N) is 2. The minimum absolute atomic E-state index is 0.0794. The highest BCUT2D eigenvalue weighted by atomic mass is 19.4. The lowest BCUT2D eigenvalue weighted by atomic mass is 9.89. The molecular formula is C30H38F3N3O2. The van der Waals surface area contributed by atoms with E-state index in [4.69, 9.17) is 0 Å². The van der Waals surface area contributed by atoms with Crippen LogP contribution in [0.1, 0.15) is 103 Å². The molecule has 3 aliphatic carbocycles. The van der Waals surface area contributed by atoms with Crippen LogP contribution in [-0.2, 0) is 12.0 Å². The Morgan fingerprint density at radius 3 is 2.29 bits per heavy atom. The van der Waals surface area contributed by atoms with Crippen molar-refractivity contribution in [2.45, 2.75) is 102 Å². The summed E-state index contributed by atoms with van der Waals surface area (Å²) in [6.07, 6.45) is 6.52. The number of carbonyl (C=O) groups excluding carboxylic acids is 2. The monoisotopic (exact) mass is 529 g/mol. The van der Waals surface area contributed by atoms with Crippen molar-refractivity contribution in [3.8, 4) is 11.3 Å². The minimum atomic E-state index is -4.48. The van der Waals surface area contributed by atoms with Gasteiger partial charge in [0.25, 0.3) is 11.8 Å². The zero-order valence-corrected chi connectivity index (χ0v) is 22.3. The fourth-order valence-electron chi connectivity index (χ4n) is 5.81. The molecule has 2 amide bonds. The molecule has 0 unspecified atom stereocenters. The van der Waals surface area contributed by atoms with E-state index in [0.717, 1.165) is 74.0 Å². The van der Waals surface area contributed by atoms with E-state index in [1.165, 1.54) is 19.3 Å². The van der Waals surface area contributed by atoms with Crippen LogP contribution in [0.3, 0.4) is 0 Å². The van der Waals surface area contributed by atoms with Crippen molar-refractivity contribution in [2.24, 2.45) is 5.92 Å². The normalized spacial score (nSPS) is 19.6. The number of aromatic nitrogens is 1. The number of benzene rings is 1. The Labute approximate surface area is 222 Å². The smallest absolute Gasteiger partial charge is 0.349 e. The fraction of sp³-hybridized carbons (Fsp3) is 0.600. The van der Waals surface area contributed by atoms with Gasteiger partial charge >= 0.3 is 6.18 Å². The first kappa shape index (κ1) is 26.8. The van der Waals surface area contributed by atoms with Crippen molar-refractivity contribution in [3.63, 3.8) is 0 Å². The lowest BCUT2D eigenvalue weighted by molar-refractivity contribution is -0.123. The van der Waals surface area contributed by atoms with E-state index in [1.54, 1.807) is 12.1 Å². The van der Waals surface area contributed by atoms with Crippen LogP contribution in [0.5, 0.6) is 0 Å². The van der Waals surface area contributed by atoms with Crippen LogP contribution in [-0.4, -0.2) is 35.1 Å². The number of carbonyl (C=O) groups is 2. The third-order valence-corrected chi connectivity index (χ3v) is 8.85. The van der Waals surface area contributed by atoms with Crippen LogP contribution >= 0.6 is 0 Å². The van der Waals surface area contributed by atoms with Gasteiger partial charge in [-0.25, -0.2) is 0 Å². The molecule has 3 fully saturated rings. The average Bonchev–Trinajstić information content (AvgIpc) is 3.54. The molecular weight excluding hydrogens is 491 g/mol. The largest absolute Gasteiger partial charge is 0.405 e. The van der Waals surface area contributed by atoms with Gasteiger partial charge in [0.15, 0.2) is 0 Å². The predicted molar refractivity (Wildman–Crippen MR) is 141 cm³/mol. The Morgan fingerprint density at radius 2 is 1.68 bits per heavy atom. The van der Waals surface area contributed by atoms with Gasteiger partial charge in [-0.15, -0.1) is 0 Å². The molecule has 0 aliphatic heterocycles. The van der Waals surface area contributed by atoms with Crippen molar-refractivity contribution in [1.29, 1.82) is 0 Å². The molecule has 0 spiro atoms. The summed E-state index contributed by atoms with van der Waals surface area (Å²) >= 11 is 0. The Balaban J connectivity index is 1.54. The van der Waals surface area contributed by atoms with E-state index >= 15 is 0 Å². The highest BCUT2D eigenvalue weighted by Crippen LogP contribution is 2.48. The maximum absolute atomic E-state index is 13.3. The van der Waals surface area contributed by atoms with Gasteiger partial charge in [-0.05, 0) is 98.6 Å². The lowest BCUT2D eigenvalue weighted by Gasteiger charge is -2.26. The van der Waals surface area contributed by atoms with E-state index in [9.17, 15) is 22.8 Å². The van der Waals surface area contributed by atoms with Gasteiger partial charge in [-0.3, -0.25) is 9.59 Å². The molecule has 5 rings (SSSR count). The second-order valence-electron chi connectivity index (χ2n) is 11.9. The molecule has 3 aliphatic rings. The van der Waals surface area contributed by atoms with Crippen LogP contribution in [0.4, 0.5) is 13.2 Å². The molecule has 206 valence electrons. The highest BCUT2D eigenvalue weighted by molar-refractivity contribution is 5.98. The summed E-state index contributed by atoms with van der Waals surface area (Å²) in [5, 5.41) is 5.18. The van der Waals surface area contributed by atoms with Crippen molar-refractivity contribution in [2.75, 3.05) is 6.54 Å². The van der Waals surface area contributed by atoms with E-state index < -0.39 is 18.6 Å². The minimum Gasteiger partial charge on any atom is -0.349 e. The lowest BCUT2D eigenvalue weighted by Crippen LogP contribution is -2.39. The maximum Gasteiger partial charge on any atom is 0.405 e. The summed E-state index contributed by atoms with van der Waals surface area (Å²) in [5.74, 6) is -0.307. The van der Waals surface area contributed by atoms with Gasteiger partial charge in [0.1, 0.15) is 6.54 Å². The van der Waals surface area contributed by atoms with Gasteiger partial charge in [-0.2, -0.15) is 13.2 Å². The first-order chi connectivity index (χ1) is 18.0. The number of nitrogens with zero attached hydrogens (tertiary/aromatic N) is 1. The second kappa shape index (κ2) is 10.4. The second-order valence-corrected chi connectivity index (χ2v) is 11.9. The van der Waals surface area contributed by atoms with Crippen molar-refractivity contribution >= 4 is 11.8 Å². The van der Waals surface area contributed by atoms with Crippen LogP contribution in [0.2, 0.25) is 0 Å². The van der Waals surface area contributed by atoms with Crippen LogP contribution in [0.15, 0.2) is 24.3 Å². The van der Waals surface area contributed by atoms with Crippen molar-refractivity contribution in [1.82, 2.24) is 15.2 Å². The summed E-state index contributed by atoms with van der Waals surface area (Å²) < 4.78 is 40.7. The molecule has 2 N–H and O–H groups in total. The summed E-state index contributed by atoms with van der Waals surface area (Å²) in [6.45, 7) is 3.51. The number of halogens is 3. The first-order valence-electron chi connectivity index (χ1n) is 14.0. The third kappa shape index (κ3) is 5.94. The average molecular weight is 530 g/mol. The summed E-state index contributed by atoms with van der Waals surface area (Å²) in [6, 6.07) is 7.61. The number of hydrogen-bond acceptors (Lipinski definition) is 2. The van der Waals surface area contributed by atoms with Crippen molar-refractivity contribution in [3.05, 3.63) is 46.6 Å². The third-order valence-electron chi connectivity index (χ3n) is 8.85. The maximum atomic E-state index is 13.3. The summed E-state index contributed by atoms with van der Waals surface area (Å²) in [4.78, 5) is 26.1. The highest BCUT2D eigenvalue weighted by Gasteiger charge is 2.40. The quantitative estimate of drug-likeness (QED) is 0.401. The molecule has 0 bridgehead atoms. The van der Waals surface area contributed by atoms with Gasteiger partial charge in [0.2, 0.25) is 0 Å². The Morgan fingerprint density at radius 1 is 0.974 bits per heavy atom. The van der Waals surface area contributed by atoms with Gasteiger partial charge in [-0.1, -0.05) is 26.2 Å². The fourth-order valence-corrected chi connectivity index (χ4v) is 5.81. The topological polar surface area (TPSA) is 63.1 Å². The summed E-state index contributed by atoms with van der Waals surface area (Å²) in [5.41, 5.74) is 4.24. The van der Waals surface area contributed by atoms with Crippen LogP contribution in [0, 0.1) is 12.8 Å². The molecule has 8 heteroatoms. The van der Waals surface area contributed by atoms with Crippen LogP contribution in [0.25, 0.3) is 11.3 Å². The van der Waals surface area contributed by atoms with Gasteiger partial charge in [0, 0.05) is 29.5 Å². The Hall–Kier alpha value is -2.77. The molecule has 38 heavy (non-hydrogen) atoms. The molecule has 0 atom stereocenters. The standard InChI is InChI=1S/C30H38F3N3O2/c1-19-25(28(38)35-24-9-6-10-24)16-26(36(19)17-20-7-4-3-5-8-20)21-13-22(27(37)34-18-30(31,32)33)15-23(14-21)29(2)11-12-29/h13-16,20,24H,3-12,17-18H2,1-2H3,(H,34,37)(H,35,38). The molecule has 1 heterocycles. The molecule has 1 aromatic heterocycles. The Kier molecular flexibility index (Phi) is 7.35.